The van der Waals surface area contributed by atoms with Gasteiger partial charge in [-0.1, -0.05) is 41.3 Å². The van der Waals surface area contributed by atoms with Crippen molar-refractivity contribution in [3.8, 4) is 0 Å². The van der Waals surface area contributed by atoms with E-state index in [1.165, 1.54) is 30.2 Å². The van der Waals surface area contributed by atoms with Crippen molar-refractivity contribution in [1.82, 2.24) is 15.7 Å². The number of hydrogen-bond acceptors (Lipinski definition) is 7. The number of para-hydroxylation sites is 1. The molecular weight excluding hydrogens is 322 g/mol. The molecule has 0 radical (unpaired) electrons. The second-order valence-electron chi connectivity index (χ2n) is 4.42. The van der Waals surface area contributed by atoms with Gasteiger partial charge in [-0.25, -0.2) is 5.48 Å². The number of nitrogens with zero attached hydrogens (tertiary/aromatic N) is 2. The van der Waals surface area contributed by atoms with Crippen LogP contribution in [-0.4, -0.2) is 23.2 Å². The van der Waals surface area contributed by atoms with Crippen molar-refractivity contribution in [2.45, 2.75) is 17.0 Å². The zero-order valence-electron chi connectivity index (χ0n) is 12.0. The summed E-state index contributed by atoms with van der Waals surface area (Å²) < 4.78 is 6.53. The van der Waals surface area contributed by atoms with Crippen LogP contribution in [-0.2, 0) is 10.6 Å². The molecule has 0 aliphatic carbocycles. The number of furan rings is 1. The first-order valence-electron chi connectivity index (χ1n) is 6.45. The second kappa shape index (κ2) is 6.47. The van der Waals surface area contributed by atoms with E-state index in [0.717, 1.165) is 20.3 Å². The van der Waals surface area contributed by atoms with Gasteiger partial charge in [0.25, 0.3) is 0 Å². The van der Waals surface area contributed by atoms with Crippen LogP contribution in [0.5, 0.6) is 0 Å². The number of nitrogens with one attached hydrogen (secondary N) is 1. The Kier molecular flexibility index (Phi) is 4.41. The van der Waals surface area contributed by atoms with Crippen LogP contribution in [0.1, 0.15) is 21.1 Å². The normalized spacial score (nSPS) is 11.0. The van der Waals surface area contributed by atoms with Gasteiger partial charge in [0.1, 0.15) is 10.6 Å². The van der Waals surface area contributed by atoms with Gasteiger partial charge in [-0.05, 0) is 13.0 Å². The summed E-state index contributed by atoms with van der Waals surface area (Å²) in [4.78, 5) is 16.8. The van der Waals surface area contributed by atoms with Gasteiger partial charge in [0.05, 0.1) is 7.11 Å². The van der Waals surface area contributed by atoms with Crippen molar-refractivity contribution in [2.24, 2.45) is 0 Å². The highest BCUT2D eigenvalue weighted by atomic mass is 32.2. The van der Waals surface area contributed by atoms with E-state index in [-0.39, 0.29) is 5.76 Å². The zero-order chi connectivity index (χ0) is 15.5. The van der Waals surface area contributed by atoms with Gasteiger partial charge >= 0.3 is 5.91 Å². The molecule has 8 heteroatoms. The Bertz CT molecular complexity index is 813. The maximum atomic E-state index is 12.1. The molecule has 0 unspecified atom stereocenters. The van der Waals surface area contributed by atoms with E-state index in [0.29, 0.717) is 11.3 Å². The third-order valence-electron chi connectivity index (χ3n) is 2.95. The average Bonchev–Trinajstić information content (AvgIpc) is 3.09. The highest BCUT2D eigenvalue weighted by Crippen LogP contribution is 2.33. The average molecular weight is 335 g/mol. The molecule has 0 saturated carbocycles. The molecule has 1 amide bonds. The molecule has 0 saturated heterocycles. The number of aromatic nitrogens is 2. The van der Waals surface area contributed by atoms with Gasteiger partial charge in [-0.2, -0.15) is 0 Å². The topological polar surface area (TPSA) is 77.2 Å². The first kappa shape index (κ1) is 15.0. The Morgan fingerprint density at radius 3 is 2.95 bits per heavy atom. The van der Waals surface area contributed by atoms with E-state index in [1.54, 1.807) is 0 Å². The summed E-state index contributed by atoms with van der Waals surface area (Å²) in [5.74, 6) is 0.428. The second-order valence-corrected chi connectivity index (χ2v) is 6.82. The highest BCUT2D eigenvalue weighted by molar-refractivity contribution is 8.00. The van der Waals surface area contributed by atoms with E-state index in [9.17, 15) is 4.79 Å². The number of benzene rings is 1. The standard InChI is InChI=1S/C14H13N3O3S2/c1-8-15-16-14(22-8)21-7-10-9-5-3-4-6-11(9)20-12(10)13(18)17-19-2/h3-6H,7H2,1-2H3,(H,17,18). The number of amides is 1. The molecule has 114 valence electrons. The molecule has 0 spiro atoms. The van der Waals surface area contributed by atoms with Crippen molar-refractivity contribution < 1.29 is 14.0 Å². The SMILES string of the molecule is CONC(=O)c1oc2ccccc2c1CSc1nnc(C)s1. The fourth-order valence-electron chi connectivity index (χ4n) is 2.04. The van der Waals surface area contributed by atoms with E-state index >= 15 is 0 Å². The van der Waals surface area contributed by atoms with E-state index in [2.05, 4.69) is 20.5 Å². The molecule has 1 aromatic carbocycles. The minimum absolute atomic E-state index is 0.261. The largest absolute Gasteiger partial charge is 0.450 e. The third kappa shape index (κ3) is 2.99. The van der Waals surface area contributed by atoms with Gasteiger partial charge in [0.2, 0.25) is 0 Å². The number of rotatable bonds is 5. The number of thioether (sulfide) groups is 1. The van der Waals surface area contributed by atoms with E-state index in [1.807, 2.05) is 31.2 Å². The predicted molar refractivity (Wildman–Crippen MR) is 84.9 cm³/mol. The van der Waals surface area contributed by atoms with Gasteiger partial charge in [-0.3, -0.25) is 9.63 Å². The summed E-state index contributed by atoms with van der Waals surface area (Å²) in [5.41, 5.74) is 3.79. The number of hydroxylamine groups is 1. The van der Waals surface area contributed by atoms with Crippen LogP contribution >= 0.6 is 23.1 Å². The summed E-state index contributed by atoms with van der Waals surface area (Å²) in [6, 6.07) is 7.56. The van der Waals surface area contributed by atoms with Crippen LogP contribution in [0.15, 0.2) is 33.0 Å². The first-order valence-corrected chi connectivity index (χ1v) is 8.26. The lowest BCUT2D eigenvalue weighted by molar-refractivity contribution is 0.0511. The molecule has 3 rings (SSSR count). The molecule has 2 heterocycles. The fourth-order valence-corrected chi connectivity index (χ4v) is 3.88. The molecule has 0 atom stereocenters. The minimum Gasteiger partial charge on any atom is -0.450 e. The lowest BCUT2D eigenvalue weighted by atomic mass is 10.1. The molecule has 0 aliphatic heterocycles. The Morgan fingerprint density at radius 2 is 2.23 bits per heavy atom. The number of carbonyl (C=O) groups excluding carboxylic acids is 1. The minimum atomic E-state index is -0.400. The molecule has 0 fully saturated rings. The molecule has 0 bridgehead atoms. The maximum absolute atomic E-state index is 12.1. The van der Waals surface area contributed by atoms with Crippen LogP contribution in [0.25, 0.3) is 11.0 Å². The van der Waals surface area contributed by atoms with Crippen molar-refractivity contribution in [3.63, 3.8) is 0 Å². The number of aryl methyl sites for hydroxylation is 1. The van der Waals surface area contributed by atoms with Crippen LogP contribution in [0.4, 0.5) is 0 Å². The molecule has 1 N–H and O–H groups in total. The van der Waals surface area contributed by atoms with Crippen molar-refractivity contribution in [3.05, 3.63) is 40.6 Å². The molecular formula is C14H13N3O3S2. The summed E-state index contributed by atoms with van der Waals surface area (Å²) in [6.45, 7) is 1.91. The monoisotopic (exact) mass is 335 g/mol. The Labute approximate surface area is 134 Å². The molecule has 2 aromatic heterocycles. The first-order chi connectivity index (χ1) is 10.7. The molecule has 0 aliphatic rings. The van der Waals surface area contributed by atoms with E-state index < -0.39 is 5.91 Å². The Hall–Kier alpha value is -1.90. The molecule has 3 aromatic rings. The highest BCUT2D eigenvalue weighted by Gasteiger charge is 2.21. The van der Waals surface area contributed by atoms with Crippen molar-refractivity contribution in [1.29, 1.82) is 0 Å². The predicted octanol–water partition coefficient (Wildman–Crippen LogP) is 3.18. The molecule has 22 heavy (non-hydrogen) atoms. The van der Waals surface area contributed by atoms with Gasteiger partial charge in [-0.15, -0.1) is 10.2 Å². The van der Waals surface area contributed by atoms with Gasteiger partial charge < -0.3 is 4.42 Å². The van der Waals surface area contributed by atoms with Crippen LogP contribution < -0.4 is 5.48 Å². The van der Waals surface area contributed by atoms with Crippen LogP contribution in [0.2, 0.25) is 0 Å². The summed E-state index contributed by atoms with van der Waals surface area (Å²) in [5, 5.41) is 9.90. The van der Waals surface area contributed by atoms with Crippen LogP contribution in [0, 0.1) is 6.92 Å². The lowest BCUT2D eigenvalue weighted by Gasteiger charge is -2.02. The van der Waals surface area contributed by atoms with Crippen molar-refractivity contribution >= 4 is 40.0 Å². The number of hydrogen-bond donors (Lipinski definition) is 1. The fraction of sp³-hybridized carbons (Fsp3) is 0.214. The quantitative estimate of drug-likeness (QED) is 0.570. The smallest absolute Gasteiger partial charge is 0.310 e. The maximum Gasteiger partial charge on any atom is 0.310 e. The third-order valence-corrected chi connectivity index (χ3v) is 4.95. The zero-order valence-corrected chi connectivity index (χ0v) is 13.6. The Morgan fingerprint density at radius 1 is 1.41 bits per heavy atom. The summed E-state index contributed by atoms with van der Waals surface area (Å²) in [6.07, 6.45) is 0. The summed E-state index contributed by atoms with van der Waals surface area (Å²) >= 11 is 3.05. The number of fused-ring (bicyclic) bond motifs is 1. The van der Waals surface area contributed by atoms with E-state index in [4.69, 9.17) is 4.42 Å². The van der Waals surface area contributed by atoms with Crippen molar-refractivity contribution in [2.75, 3.05) is 7.11 Å². The van der Waals surface area contributed by atoms with Gasteiger partial charge in [0.15, 0.2) is 10.1 Å². The molecule has 6 nitrogen and oxygen atoms in total. The summed E-state index contributed by atoms with van der Waals surface area (Å²) in [7, 11) is 1.39. The lowest BCUT2D eigenvalue weighted by Crippen LogP contribution is -2.22. The number of carbonyl (C=O) groups is 1. The Balaban J connectivity index is 1.94. The van der Waals surface area contributed by atoms with Crippen LogP contribution in [0.3, 0.4) is 0 Å². The van der Waals surface area contributed by atoms with Gasteiger partial charge in [0, 0.05) is 16.7 Å².